The minimum Gasteiger partial charge on any atom is -0.481 e. The highest BCUT2D eigenvalue weighted by Crippen LogP contribution is 2.26. The number of nitrogens with two attached hydrogens (primary N) is 3. The van der Waals surface area contributed by atoms with Crippen LogP contribution in [0.5, 0.6) is 0 Å². The van der Waals surface area contributed by atoms with Crippen LogP contribution in [-0.2, 0) is 41.4 Å². The molecule has 2 fully saturated rings. The zero-order valence-electron chi connectivity index (χ0n) is 39.5. The maximum absolute atomic E-state index is 14.2. The molecule has 374 valence electrons. The van der Waals surface area contributed by atoms with E-state index in [1.165, 1.54) is 0 Å². The van der Waals surface area contributed by atoms with Gasteiger partial charge in [0.05, 0.1) is 50.8 Å². The van der Waals surface area contributed by atoms with Crippen LogP contribution in [0.15, 0.2) is 17.4 Å². The first kappa shape index (κ1) is 52.7. The molecule has 3 atom stereocenters. The number of guanidine groups is 1. The van der Waals surface area contributed by atoms with E-state index in [0.29, 0.717) is 148 Å². The number of aliphatic carboxylic acids is 1. The number of hydrogen-bond donors (Lipinski definition) is 5. The Hall–Kier alpha value is -6.23. The minimum atomic E-state index is -0.930. The molecule has 2 aliphatic heterocycles. The lowest BCUT2D eigenvalue weighted by molar-refractivity contribution is -0.137. The molecule has 68 heavy (non-hydrogen) atoms. The van der Waals surface area contributed by atoms with E-state index in [-0.39, 0.29) is 43.1 Å². The van der Waals surface area contributed by atoms with E-state index in [1.807, 2.05) is 20.9 Å². The van der Waals surface area contributed by atoms with Gasteiger partial charge in [0.1, 0.15) is 18.7 Å². The van der Waals surface area contributed by atoms with E-state index >= 15 is 0 Å². The number of ether oxygens (including phenoxy) is 3. The number of carbonyl (C=O) groups excluding carboxylic acids is 2. The molecule has 5 heterocycles. The SMILES string of the molecule is C#CCOCCOCCOCCNc1nc(N2CCN(C(=O)C(CCCCN)n3cc(CCC(=O)O)nn3)CC2)nc(N2CCN(C(=O)C(C(C)CC)n3cc(CCCN=C(N)N)nn3)CC2)n1. The summed E-state index contributed by atoms with van der Waals surface area (Å²) in [5.74, 6) is 2.73. The summed E-state index contributed by atoms with van der Waals surface area (Å²) in [6.07, 6.45) is 12.9. The Morgan fingerprint density at radius 2 is 1.40 bits per heavy atom. The van der Waals surface area contributed by atoms with Gasteiger partial charge in [-0.15, -0.1) is 16.6 Å². The first-order valence-corrected chi connectivity index (χ1v) is 23.5. The van der Waals surface area contributed by atoms with Crippen LogP contribution in [0.4, 0.5) is 17.8 Å². The molecule has 0 saturated carbocycles. The lowest BCUT2D eigenvalue weighted by Gasteiger charge is -2.38. The van der Waals surface area contributed by atoms with Gasteiger partial charge in [0.2, 0.25) is 29.7 Å². The minimum absolute atomic E-state index is 0.00968. The van der Waals surface area contributed by atoms with Gasteiger partial charge in [0.15, 0.2) is 5.96 Å². The van der Waals surface area contributed by atoms with E-state index in [4.69, 9.17) is 57.9 Å². The van der Waals surface area contributed by atoms with Gasteiger partial charge in [-0.1, -0.05) is 36.6 Å². The predicted molar refractivity (Wildman–Crippen MR) is 253 cm³/mol. The van der Waals surface area contributed by atoms with E-state index in [1.54, 1.807) is 15.6 Å². The van der Waals surface area contributed by atoms with Crippen LogP contribution < -0.4 is 32.3 Å². The maximum Gasteiger partial charge on any atom is 0.303 e. The Balaban J connectivity index is 1.24. The van der Waals surface area contributed by atoms with Crippen LogP contribution in [0.1, 0.15) is 75.8 Å². The third-order valence-electron chi connectivity index (χ3n) is 11.7. The van der Waals surface area contributed by atoms with Crippen LogP contribution in [0.3, 0.4) is 0 Å². The molecular formula is C43H70N18O7. The van der Waals surface area contributed by atoms with Crippen LogP contribution in [-0.4, -0.2) is 195 Å². The first-order valence-electron chi connectivity index (χ1n) is 23.5. The Bertz CT molecular complexity index is 2070. The number of nitrogens with one attached hydrogen (secondary N) is 1. The molecule has 0 radical (unpaired) electrons. The number of rotatable bonds is 30. The highest BCUT2D eigenvalue weighted by molar-refractivity contribution is 5.81. The quantitative estimate of drug-likeness (QED) is 0.0239. The van der Waals surface area contributed by atoms with Gasteiger partial charge in [-0.05, 0) is 44.6 Å². The summed E-state index contributed by atoms with van der Waals surface area (Å²) in [4.78, 5) is 65.9. The van der Waals surface area contributed by atoms with Crippen LogP contribution in [0.25, 0.3) is 0 Å². The fraction of sp³-hybridized carbons (Fsp3) is 0.698. The van der Waals surface area contributed by atoms with Crippen LogP contribution in [0, 0.1) is 18.3 Å². The number of aryl methyl sites for hydroxylation is 2. The second kappa shape index (κ2) is 28.2. The lowest BCUT2D eigenvalue weighted by Crippen LogP contribution is -2.52. The highest BCUT2D eigenvalue weighted by Gasteiger charge is 2.35. The molecule has 2 aliphatic rings. The largest absolute Gasteiger partial charge is 0.481 e. The van der Waals surface area contributed by atoms with Gasteiger partial charge in [-0.2, -0.15) is 15.0 Å². The van der Waals surface area contributed by atoms with E-state index in [0.717, 1.165) is 25.0 Å². The van der Waals surface area contributed by atoms with Crippen molar-refractivity contribution in [1.29, 1.82) is 0 Å². The third kappa shape index (κ3) is 16.5. The molecule has 0 aliphatic carbocycles. The molecule has 3 aromatic rings. The van der Waals surface area contributed by atoms with Crippen molar-refractivity contribution in [3.8, 4) is 12.3 Å². The highest BCUT2D eigenvalue weighted by atomic mass is 16.5. The molecule has 25 nitrogen and oxygen atoms in total. The van der Waals surface area contributed by atoms with Gasteiger partial charge in [0.25, 0.3) is 0 Å². The number of nitrogens with zero attached hydrogens (tertiary/aromatic N) is 14. The Labute approximate surface area is 397 Å². The van der Waals surface area contributed by atoms with Crippen molar-refractivity contribution in [2.45, 2.75) is 77.3 Å². The maximum atomic E-state index is 14.2. The predicted octanol–water partition coefficient (Wildman–Crippen LogP) is -0.672. The molecule has 25 heteroatoms. The molecule has 5 rings (SSSR count). The van der Waals surface area contributed by atoms with Crippen molar-refractivity contribution in [2.75, 3.05) is 127 Å². The monoisotopic (exact) mass is 951 g/mol. The Morgan fingerprint density at radius 1 is 0.809 bits per heavy atom. The molecule has 3 aromatic heterocycles. The molecule has 2 saturated heterocycles. The lowest BCUT2D eigenvalue weighted by atomic mass is 9.97. The summed E-state index contributed by atoms with van der Waals surface area (Å²) in [6.45, 7) is 11.4. The second-order valence-corrected chi connectivity index (χ2v) is 16.6. The molecule has 8 N–H and O–H groups in total. The summed E-state index contributed by atoms with van der Waals surface area (Å²) in [6, 6.07) is -1.12. The average Bonchev–Trinajstić information content (AvgIpc) is 4.02. The van der Waals surface area contributed by atoms with Crippen molar-refractivity contribution in [3.63, 3.8) is 0 Å². The van der Waals surface area contributed by atoms with E-state index in [9.17, 15) is 14.4 Å². The Kier molecular flexibility index (Phi) is 21.9. The summed E-state index contributed by atoms with van der Waals surface area (Å²) >= 11 is 0. The normalized spacial score (nSPS) is 15.4. The van der Waals surface area contributed by atoms with Crippen LogP contribution in [0.2, 0.25) is 0 Å². The summed E-state index contributed by atoms with van der Waals surface area (Å²) in [7, 11) is 0. The van der Waals surface area contributed by atoms with Crippen molar-refractivity contribution in [2.24, 2.45) is 28.1 Å². The zero-order valence-corrected chi connectivity index (χ0v) is 39.5. The number of carbonyl (C=O) groups is 3. The van der Waals surface area contributed by atoms with Crippen LogP contribution >= 0.6 is 0 Å². The number of aromatic nitrogens is 9. The number of unbranched alkanes of at least 4 members (excludes halogenated alkanes) is 1. The van der Waals surface area contributed by atoms with Crippen molar-refractivity contribution >= 4 is 41.6 Å². The number of piperazine rings is 2. The van der Waals surface area contributed by atoms with Gasteiger partial charge in [0, 0.05) is 84.3 Å². The molecule has 0 bridgehead atoms. The second-order valence-electron chi connectivity index (χ2n) is 16.6. The molecule has 0 aromatic carbocycles. The number of hydrogen-bond acceptors (Lipinski definition) is 18. The molecule has 3 unspecified atom stereocenters. The number of amides is 2. The van der Waals surface area contributed by atoms with Gasteiger partial charge >= 0.3 is 5.97 Å². The fourth-order valence-electron chi connectivity index (χ4n) is 7.71. The topological polar surface area (TPSA) is 315 Å². The number of anilines is 3. The molecule has 2 amide bonds. The van der Waals surface area contributed by atoms with Gasteiger partial charge in [-0.3, -0.25) is 19.4 Å². The average molecular weight is 951 g/mol. The first-order chi connectivity index (χ1) is 33.0. The third-order valence-corrected chi connectivity index (χ3v) is 11.7. The van der Waals surface area contributed by atoms with E-state index in [2.05, 4.69) is 55.6 Å². The van der Waals surface area contributed by atoms with Gasteiger partial charge < -0.3 is 61.4 Å². The van der Waals surface area contributed by atoms with Crippen molar-refractivity contribution in [3.05, 3.63) is 23.8 Å². The van der Waals surface area contributed by atoms with E-state index < -0.39 is 18.1 Å². The zero-order chi connectivity index (χ0) is 48.7. The van der Waals surface area contributed by atoms with Crippen molar-refractivity contribution in [1.82, 2.24) is 54.7 Å². The summed E-state index contributed by atoms with van der Waals surface area (Å²) in [5, 5.41) is 29.5. The number of aliphatic imine (C=N–C) groups is 1. The van der Waals surface area contributed by atoms with Crippen molar-refractivity contribution < 1.29 is 33.7 Å². The standard InChI is InChI=1S/C43H70N18O7/c1-4-24-66-26-28-68-29-27-67-25-15-48-41-49-42(58-20-16-56(17-21-58)38(64)35(10-6-7-13-44)60-30-34(53-54-60)11-12-36(62)63)51-43(50-41)59-22-18-57(19-23-59)39(65)37(32(3)5-2)61-31-33(52-55-61)9-8-14-47-40(45)46/h1,30-32,35,37H,5-29,44H2,2-3H3,(H,62,63)(H4,45,46,47)(H,48,49,50,51). The summed E-state index contributed by atoms with van der Waals surface area (Å²) < 4.78 is 19.8. The smallest absolute Gasteiger partial charge is 0.303 e. The number of carboxylic acids is 1. The fourth-order valence-corrected chi connectivity index (χ4v) is 7.71. The molecular weight excluding hydrogens is 881 g/mol. The Morgan fingerprint density at radius 3 is 2.00 bits per heavy atom. The van der Waals surface area contributed by atoms with Gasteiger partial charge in [-0.25, -0.2) is 9.36 Å². The molecule has 0 spiro atoms. The number of carboxylic acid groups (broad SMARTS) is 1. The number of terminal acetylenes is 1. The summed E-state index contributed by atoms with van der Waals surface area (Å²) in [5.41, 5.74) is 18.0.